The number of amides is 2. The molecule has 31 heavy (non-hydrogen) atoms. The SMILES string of the molecule is COCC(=O)Nc1ccc(NC(=O)c2cc([N+](=O)[O-])ccc2N2CCC(C)CC2)cc1. The van der Waals surface area contributed by atoms with Crippen LogP contribution in [0.4, 0.5) is 22.7 Å². The van der Waals surface area contributed by atoms with Gasteiger partial charge in [-0.15, -0.1) is 0 Å². The van der Waals surface area contributed by atoms with E-state index in [4.69, 9.17) is 4.74 Å². The number of nitro groups is 1. The number of nitrogens with one attached hydrogen (secondary N) is 2. The molecule has 0 saturated carbocycles. The maximum Gasteiger partial charge on any atom is 0.270 e. The number of methoxy groups -OCH3 is 1. The molecule has 1 heterocycles. The highest BCUT2D eigenvalue weighted by Crippen LogP contribution is 2.30. The Hall–Kier alpha value is -3.46. The summed E-state index contributed by atoms with van der Waals surface area (Å²) in [6.45, 7) is 3.75. The molecule has 0 aromatic heterocycles. The van der Waals surface area contributed by atoms with Gasteiger partial charge in [0.25, 0.3) is 11.6 Å². The van der Waals surface area contributed by atoms with E-state index in [0.29, 0.717) is 23.0 Å². The monoisotopic (exact) mass is 426 g/mol. The van der Waals surface area contributed by atoms with Crippen LogP contribution in [0.3, 0.4) is 0 Å². The Labute approximate surface area is 180 Å². The normalized spacial score (nSPS) is 14.2. The number of ether oxygens (including phenoxy) is 1. The third kappa shape index (κ3) is 5.79. The third-order valence-electron chi connectivity index (χ3n) is 5.26. The highest BCUT2D eigenvalue weighted by molar-refractivity contribution is 6.08. The molecular weight excluding hydrogens is 400 g/mol. The topological polar surface area (TPSA) is 114 Å². The second-order valence-electron chi connectivity index (χ2n) is 7.64. The van der Waals surface area contributed by atoms with Crippen molar-refractivity contribution in [3.05, 3.63) is 58.1 Å². The molecule has 1 saturated heterocycles. The number of benzene rings is 2. The van der Waals surface area contributed by atoms with Gasteiger partial charge in [0.2, 0.25) is 5.91 Å². The Kier molecular flexibility index (Phi) is 7.19. The summed E-state index contributed by atoms with van der Waals surface area (Å²) in [6, 6.07) is 11.0. The fourth-order valence-corrected chi connectivity index (χ4v) is 3.51. The molecule has 0 aliphatic carbocycles. The van der Waals surface area contributed by atoms with Crippen molar-refractivity contribution >= 4 is 34.6 Å². The lowest BCUT2D eigenvalue weighted by Crippen LogP contribution is -2.34. The lowest BCUT2D eigenvalue weighted by molar-refractivity contribution is -0.384. The maximum atomic E-state index is 13.0. The van der Waals surface area contributed by atoms with Crippen LogP contribution >= 0.6 is 0 Å². The Morgan fingerprint density at radius 1 is 1.10 bits per heavy atom. The average Bonchev–Trinajstić information content (AvgIpc) is 2.75. The van der Waals surface area contributed by atoms with Crippen molar-refractivity contribution in [3.63, 3.8) is 0 Å². The van der Waals surface area contributed by atoms with E-state index in [0.717, 1.165) is 25.9 Å². The number of carbonyl (C=O) groups excluding carboxylic acids is 2. The zero-order chi connectivity index (χ0) is 22.4. The molecule has 2 aromatic carbocycles. The third-order valence-corrected chi connectivity index (χ3v) is 5.26. The van der Waals surface area contributed by atoms with Crippen LogP contribution in [-0.2, 0) is 9.53 Å². The van der Waals surface area contributed by atoms with Gasteiger partial charge in [0.1, 0.15) is 6.61 Å². The summed E-state index contributed by atoms with van der Waals surface area (Å²) in [5, 5.41) is 16.7. The molecule has 1 aliphatic rings. The van der Waals surface area contributed by atoms with Gasteiger partial charge in [0.15, 0.2) is 0 Å². The van der Waals surface area contributed by atoms with Crippen molar-refractivity contribution in [2.75, 3.05) is 42.3 Å². The van der Waals surface area contributed by atoms with Crippen molar-refractivity contribution in [1.29, 1.82) is 0 Å². The van der Waals surface area contributed by atoms with Crippen molar-refractivity contribution < 1.29 is 19.2 Å². The predicted octanol–water partition coefficient (Wildman–Crippen LogP) is 3.67. The molecule has 3 rings (SSSR count). The fraction of sp³-hybridized carbons (Fsp3) is 0.364. The van der Waals surface area contributed by atoms with E-state index in [-0.39, 0.29) is 23.8 Å². The molecule has 2 amide bonds. The molecule has 0 unspecified atom stereocenters. The molecular formula is C22H26N4O5. The first-order chi connectivity index (χ1) is 14.9. The summed E-state index contributed by atoms with van der Waals surface area (Å²) in [7, 11) is 1.44. The molecule has 1 fully saturated rings. The van der Waals surface area contributed by atoms with Gasteiger partial charge in [-0.1, -0.05) is 6.92 Å². The number of hydrogen-bond acceptors (Lipinski definition) is 6. The number of carbonyl (C=O) groups is 2. The van der Waals surface area contributed by atoms with Gasteiger partial charge < -0.3 is 20.3 Å². The maximum absolute atomic E-state index is 13.0. The minimum atomic E-state index is -0.504. The smallest absolute Gasteiger partial charge is 0.270 e. The van der Waals surface area contributed by atoms with Gasteiger partial charge in [0.05, 0.1) is 16.2 Å². The average molecular weight is 426 g/mol. The second-order valence-corrected chi connectivity index (χ2v) is 7.64. The van der Waals surface area contributed by atoms with E-state index in [1.165, 1.54) is 19.2 Å². The number of anilines is 3. The van der Waals surface area contributed by atoms with Crippen molar-refractivity contribution in [2.45, 2.75) is 19.8 Å². The Morgan fingerprint density at radius 2 is 1.71 bits per heavy atom. The van der Waals surface area contributed by atoms with Crippen molar-refractivity contribution in [3.8, 4) is 0 Å². The lowest BCUT2D eigenvalue weighted by Gasteiger charge is -2.33. The first-order valence-corrected chi connectivity index (χ1v) is 10.1. The minimum Gasteiger partial charge on any atom is -0.375 e. The summed E-state index contributed by atoms with van der Waals surface area (Å²) in [5.74, 6) is -0.0840. The summed E-state index contributed by atoms with van der Waals surface area (Å²) in [6.07, 6.45) is 2.02. The van der Waals surface area contributed by atoms with Crippen molar-refractivity contribution in [2.24, 2.45) is 5.92 Å². The molecule has 0 radical (unpaired) electrons. The summed E-state index contributed by atoms with van der Waals surface area (Å²) in [5.41, 5.74) is 1.91. The van der Waals surface area contributed by atoms with Crippen LogP contribution in [0.1, 0.15) is 30.1 Å². The molecule has 9 nitrogen and oxygen atoms in total. The zero-order valence-electron chi connectivity index (χ0n) is 17.6. The predicted molar refractivity (Wildman–Crippen MR) is 119 cm³/mol. The van der Waals surface area contributed by atoms with Crippen LogP contribution in [-0.4, -0.2) is 43.5 Å². The molecule has 9 heteroatoms. The number of hydrogen-bond donors (Lipinski definition) is 2. The van der Waals surface area contributed by atoms with Gasteiger partial charge in [-0.2, -0.15) is 0 Å². The second kappa shape index (κ2) is 10.0. The highest BCUT2D eigenvalue weighted by Gasteiger charge is 2.23. The van der Waals surface area contributed by atoms with E-state index in [1.54, 1.807) is 30.3 Å². The van der Waals surface area contributed by atoms with Crippen LogP contribution in [0.25, 0.3) is 0 Å². The van der Waals surface area contributed by atoms with E-state index >= 15 is 0 Å². The van der Waals surface area contributed by atoms with Gasteiger partial charge in [0, 0.05) is 43.7 Å². The minimum absolute atomic E-state index is 0.0523. The van der Waals surface area contributed by atoms with E-state index in [9.17, 15) is 19.7 Å². The first kappa shape index (κ1) is 22.2. The van der Waals surface area contributed by atoms with Crippen LogP contribution < -0.4 is 15.5 Å². The Bertz CT molecular complexity index is 953. The lowest BCUT2D eigenvalue weighted by atomic mass is 9.98. The van der Waals surface area contributed by atoms with Crippen LogP contribution in [0.15, 0.2) is 42.5 Å². The zero-order valence-corrected chi connectivity index (χ0v) is 17.6. The number of non-ortho nitro benzene ring substituents is 1. The van der Waals surface area contributed by atoms with E-state index in [2.05, 4.69) is 22.5 Å². The summed E-state index contributed by atoms with van der Waals surface area (Å²) in [4.78, 5) is 37.5. The molecule has 1 aliphatic heterocycles. The fourth-order valence-electron chi connectivity index (χ4n) is 3.51. The molecule has 0 bridgehead atoms. The quantitative estimate of drug-likeness (QED) is 0.516. The van der Waals surface area contributed by atoms with E-state index < -0.39 is 10.8 Å². The first-order valence-electron chi connectivity index (χ1n) is 10.1. The molecule has 2 N–H and O–H groups in total. The molecule has 0 atom stereocenters. The summed E-state index contributed by atoms with van der Waals surface area (Å²) >= 11 is 0. The van der Waals surface area contributed by atoms with Gasteiger partial charge >= 0.3 is 0 Å². The highest BCUT2D eigenvalue weighted by atomic mass is 16.6. The molecule has 164 valence electrons. The number of rotatable bonds is 7. The Morgan fingerprint density at radius 3 is 2.29 bits per heavy atom. The van der Waals surface area contributed by atoms with Crippen LogP contribution in [0.2, 0.25) is 0 Å². The van der Waals surface area contributed by atoms with Crippen molar-refractivity contribution in [1.82, 2.24) is 0 Å². The van der Waals surface area contributed by atoms with Gasteiger partial charge in [-0.3, -0.25) is 19.7 Å². The van der Waals surface area contributed by atoms with E-state index in [1.807, 2.05) is 0 Å². The van der Waals surface area contributed by atoms with Gasteiger partial charge in [-0.25, -0.2) is 0 Å². The molecule has 0 spiro atoms. The number of piperidine rings is 1. The Balaban J connectivity index is 1.78. The standard InChI is InChI=1S/C22H26N4O5/c1-15-9-11-25(12-10-15)20-8-7-18(26(29)30)13-19(20)22(28)24-17-5-3-16(4-6-17)23-21(27)14-31-2/h3-8,13,15H,9-12,14H2,1-2H3,(H,23,27)(H,24,28). The number of nitrogens with zero attached hydrogens (tertiary/aromatic N) is 2. The number of nitro benzene ring substituents is 1. The van der Waals surface area contributed by atoms with Crippen LogP contribution in [0.5, 0.6) is 0 Å². The largest absolute Gasteiger partial charge is 0.375 e. The van der Waals surface area contributed by atoms with Gasteiger partial charge in [-0.05, 0) is 49.1 Å². The van der Waals surface area contributed by atoms with Crippen LogP contribution in [0, 0.1) is 16.0 Å². The summed E-state index contributed by atoms with van der Waals surface area (Å²) < 4.78 is 4.77. The molecule has 2 aromatic rings.